The first-order valence-electron chi connectivity index (χ1n) is 21.5. The van der Waals surface area contributed by atoms with Gasteiger partial charge in [-0.25, -0.2) is 0 Å². The summed E-state index contributed by atoms with van der Waals surface area (Å²) in [5, 5.41) is 26.1. The molecule has 0 aliphatic carbocycles. The number of aliphatic imine (C=N–C) groups is 1. The van der Waals surface area contributed by atoms with E-state index in [4.69, 9.17) is 14.5 Å². The quantitative estimate of drug-likeness (QED) is 0.0606. The Morgan fingerprint density at radius 3 is 1.51 bits per heavy atom. The second-order valence-corrected chi connectivity index (χ2v) is 23.9. The van der Waals surface area contributed by atoms with E-state index >= 15 is 0 Å². The van der Waals surface area contributed by atoms with Gasteiger partial charge in [-0.1, -0.05) is 164 Å². The summed E-state index contributed by atoms with van der Waals surface area (Å²) in [6.07, 6.45) is 15.8. The average molecular weight is 772 g/mol. The first-order valence-corrected chi connectivity index (χ1v) is 25.0. The third kappa shape index (κ3) is 13.2. The highest BCUT2D eigenvalue weighted by atomic mass is 28.3. The van der Waals surface area contributed by atoms with Gasteiger partial charge in [0.25, 0.3) is 0 Å². The summed E-state index contributed by atoms with van der Waals surface area (Å²) in [5.74, 6) is 1.54. The number of nitrogens with zero attached hydrogens (tertiary/aromatic N) is 1. The van der Waals surface area contributed by atoms with Crippen LogP contribution in [0.5, 0.6) is 17.2 Å². The molecular formula is C49H77NO4Si. The van der Waals surface area contributed by atoms with Crippen LogP contribution in [0.3, 0.4) is 0 Å². The average Bonchev–Trinajstić information content (AvgIpc) is 3.11. The summed E-state index contributed by atoms with van der Waals surface area (Å²) in [7, 11) is -1.84. The van der Waals surface area contributed by atoms with Crippen LogP contribution < -0.4 is 14.7 Å². The van der Waals surface area contributed by atoms with E-state index in [1.54, 1.807) is 12.3 Å². The van der Waals surface area contributed by atoms with Crippen LogP contribution in [0.2, 0.25) is 19.6 Å². The molecule has 0 radical (unpaired) electrons. The summed E-state index contributed by atoms with van der Waals surface area (Å²) >= 11 is 0. The van der Waals surface area contributed by atoms with Crippen molar-refractivity contribution in [3.05, 3.63) is 82.4 Å². The van der Waals surface area contributed by atoms with Crippen molar-refractivity contribution in [2.75, 3.05) is 13.2 Å². The van der Waals surface area contributed by atoms with Crippen molar-refractivity contribution in [2.45, 2.75) is 181 Å². The van der Waals surface area contributed by atoms with E-state index in [0.29, 0.717) is 35.8 Å². The molecule has 0 amide bonds. The Kier molecular flexibility index (Phi) is 17.6. The molecule has 55 heavy (non-hydrogen) atoms. The number of hydrogen-bond acceptors (Lipinski definition) is 5. The molecule has 5 nitrogen and oxygen atoms in total. The van der Waals surface area contributed by atoms with E-state index in [1.165, 1.54) is 51.4 Å². The fourth-order valence-electron chi connectivity index (χ4n) is 7.20. The van der Waals surface area contributed by atoms with E-state index in [9.17, 15) is 10.2 Å². The number of aliphatic hydroxyl groups is 1. The highest BCUT2D eigenvalue weighted by Gasteiger charge is 2.44. The molecule has 0 fully saturated rings. The number of hydrogen-bond donors (Lipinski definition) is 2. The molecule has 3 aromatic rings. The maximum absolute atomic E-state index is 13.8. The Morgan fingerprint density at radius 2 is 1.09 bits per heavy atom. The number of rotatable bonds is 22. The molecule has 0 heterocycles. The van der Waals surface area contributed by atoms with Crippen LogP contribution in [0.4, 0.5) is 0 Å². The number of benzene rings is 3. The van der Waals surface area contributed by atoms with Gasteiger partial charge in [0.2, 0.25) is 0 Å². The summed E-state index contributed by atoms with van der Waals surface area (Å²) in [6, 6.07) is 17.7. The third-order valence-electron chi connectivity index (χ3n) is 10.9. The molecule has 0 spiro atoms. The molecule has 3 rings (SSSR count). The monoisotopic (exact) mass is 772 g/mol. The van der Waals surface area contributed by atoms with Crippen molar-refractivity contribution < 1.29 is 19.7 Å². The van der Waals surface area contributed by atoms with Gasteiger partial charge in [-0.15, -0.1) is 0 Å². The Morgan fingerprint density at radius 1 is 0.655 bits per heavy atom. The highest BCUT2D eigenvalue weighted by molar-refractivity contribution is 6.89. The van der Waals surface area contributed by atoms with Crippen molar-refractivity contribution in [2.24, 2.45) is 4.99 Å². The second kappa shape index (κ2) is 20.9. The molecule has 306 valence electrons. The minimum atomic E-state index is -1.84. The summed E-state index contributed by atoms with van der Waals surface area (Å²) in [5.41, 5.74) is 2.32. The van der Waals surface area contributed by atoms with Gasteiger partial charge in [-0.3, -0.25) is 4.99 Å². The van der Waals surface area contributed by atoms with Crippen LogP contribution >= 0.6 is 0 Å². The zero-order chi connectivity index (χ0) is 40.9. The SMILES string of the molecule is CCCCCCCCOc1ccc(C(C)(C)C)cc1C(O)(c1cc(C(C)(C)C)ccc1OCCCCCCCC)C(C)N=Cc1c(O)cccc1[Si](C)(C)C. The lowest BCUT2D eigenvalue weighted by molar-refractivity contribution is 0.0519. The van der Waals surface area contributed by atoms with E-state index in [2.05, 4.69) is 105 Å². The molecule has 6 heteroatoms. The standard InChI is InChI=1S/C49H77NO4Si/c1-13-15-17-19-21-23-32-53-44-30-28-38(47(4,5)6)34-41(44)49(52,37(3)50-36-40-43(51)26-25-27-46(40)55(10,11)12)42-35-39(48(7,8)9)29-31-45(42)54-33-24-22-20-18-16-14-2/h25-31,34-37,51-52H,13-24,32-33H2,1-12H3. The Labute approximate surface area is 337 Å². The molecule has 0 aromatic heterocycles. The van der Waals surface area contributed by atoms with Gasteiger partial charge in [-0.2, -0.15) is 0 Å². The van der Waals surface area contributed by atoms with Gasteiger partial charge in [-0.05, 0) is 77.2 Å². The largest absolute Gasteiger partial charge is 0.507 e. The van der Waals surface area contributed by atoms with Crippen LogP contribution in [0, 0.1) is 0 Å². The third-order valence-corrected chi connectivity index (χ3v) is 13.0. The maximum Gasteiger partial charge on any atom is 0.144 e. The predicted octanol–water partition coefficient (Wildman–Crippen LogP) is 12.8. The zero-order valence-corrected chi connectivity index (χ0v) is 37.9. The minimum Gasteiger partial charge on any atom is -0.507 e. The fourth-order valence-corrected chi connectivity index (χ4v) is 8.80. The normalized spacial score (nSPS) is 13.4. The molecule has 0 saturated heterocycles. The molecule has 0 aliphatic rings. The van der Waals surface area contributed by atoms with Crippen molar-refractivity contribution in [3.63, 3.8) is 0 Å². The molecular weight excluding hydrogens is 695 g/mol. The first-order chi connectivity index (χ1) is 25.8. The number of phenolic OH excluding ortho intramolecular Hbond substituents is 1. The van der Waals surface area contributed by atoms with Gasteiger partial charge in [0, 0.05) is 22.9 Å². The maximum atomic E-state index is 13.8. The molecule has 1 atom stereocenters. The van der Waals surface area contributed by atoms with Crippen molar-refractivity contribution in [1.29, 1.82) is 0 Å². The number of aromatic hydroxyl groups is 1. The Balaban J connectivity index is 2.28. The topological polar surface area (TPSA) is 71.3 Å². The minimum absolute atomic E-state index is 0.174. The highest BCUT2D eigenvalue weighted by Crippen LogP contribution is 2.46. The fraction of sp³-hybridized carbons (Fsp3) is 0.612. The molecule has 0 aliphatic heterocycles. The van der Waals surface area contributed by atoms with Gasteiger partial charge in [0.05, 0.1) is 27.3 Å². The lowest BCUT2D eigenvalue weighted by Gasteiger charge is -2.37. The summed E-state index contributed by atoms with van der Waals surface area (Å²) < 4.78 is 13.3. The van der Waals surface area contributed by atoms with Crippen LogP contribution in [0.1, 0.15) is 167 Å². The van der Waals surface area contributed by atoms with Gasteiger partial charge in [0.15, 0.2) is 0 Å². The molecule has 3 aromatic carbocycles. The predicted molar refractivity (Wildman–Crippen MR) is 239 cm³/mol. The van der Waals surface area contributed by atoms with Crippen molar-refractivity contribution >= 4 is 19.5 Å². The second-order valence-electron chi connectivity index (χ2n) is 18.9. The number of ether oxygens (including phenoxy) is 2. The van der Waals surface area contributed by atoms with Crippen molar-refractivity contribution in [1.82, 2.24) is 0 Å². The lowest BCUT2D eigenvalue weighted by atomic mass is 9.75. The van der Waals surface area contributed by atoms with Crippen LogP contribution in [-0.2, 0) is 16.4 Å². The van der Waals surface area contributed by atoms with Gasteiger partial charge in [0.1, 0.15) is 22.8 Å². The van der Waals surface area contributed by atoms with Crippen molar-refractivity contribution in [3.8, 4) is 17.2 Å². The number of phenols is 1. The Hall–Kier alpha value is -3.09. The molecule has 0 saturated carbocycles. The zero-order valence-electron chi connectivity index (χ0n) is 36.9. The van der Waals surface area contributed by atoms with E-state index < -0.39 is 19.7 Å². The summed E-state index contributed by atoms with van der Waals surface area (Å²) in [4.78, 5) is 5.17. The first kappa shape index (κ1) is 46.3. The van der Waals surface area contributed by atoms with E-state index in [-0.39, 0.29) is 16.6 Å². The molecule has 0 bridgehead atoms. The lowest BCUT2D eigenvalue weighted by Crippen LogP contribution is -2.41. The summed E-state index contributed by atoms with van der Waals surface area (Å²) in [6.45, 7) is 27.7. The molecule has 2 N–H and O–H groups in total. The van der Waals surface area contributed by atoms with Gasteiger partial charge >= 0.3 is 0 Å². The molecule has 1 unspecified atom stereocenters. The number of unbranched alkanes of at least 4 members (excludes halogenated alkanes) is 10. The Bertz CT molecular complexity index is 1560. The van der Waals surface area contributed by atoms with Crippen LogP contribution in [-0.4, -0.2) is 43.8 Å². The van der Waals surface area contributed by atoms with Crippen LogP contribution in [0.25, 0.3) is 0 Å². The van der Waals surface area contributed by atoms with Gasteiger partial charge < -0.3 is 19.7 Å². The smallest absolute Gasteiger partial charge is 0.144 e. The van der Waals surface area contributed by atoms with E-state index in [1.807, 2.05) is 25.1 Å². The van der Waals surface area contributed by atoms with E-state index in [0.717, 1.165) is 47.6 Å². The van der Waals surface area contributed by atoms with Crippen LogP contribution in [0.15, 0.2) is 59.6 Å².